The SMILES string of the molecule is O=C(c1ccc2nsnc2c1)N1CCN(c2cc3c(nn2)CCC3)CC1. The highest BCUT2D eigenvalue weighted by atomic mass is 32.1. The summed E-state index contributed by atoms with van der Waals surface area (Å²) in [5.74, 6) is 0.993. The van der Waals surface area contributed by atoms with E-state index in [1.165, 1.54) is 23.7 Å². The van der Waals surface area contributed by atoms with Gasteiger partial charge in [-0.25, -0.2) is 0 Å². The van der Waals surface area contributed by atoms with Crippen molar-refractivity contribution in [3.63, 3.8) is 0 Å². The van der Waals surface area contributed by atoms with Gasteiger partial charge in [-0.1, -0.05) is 0 Å². The lowest BCUT2D eigenvalue weighted by Gasteiger charge is -2.35. The van der Waals surface area contributed by atoms with Gasteiger partial charge in [-0.2, -0.15) is 13.8 Å². The van der Waals surface area contributed by atoms with Gasteiger partial charge in [0.1, 0.15) is 11.0 Å². The van der Waals surface area contributed by atoms with E-state index in [-0.39, 0.29) is 5.91 Å². The van der Waals surface area contributed by atoms with E-state index in [1.807, 2.05) is 23.1 Å². The van der Waals surface area contributed by atoms with E-state index in [0.29, 0.717) is 18.7 Å². The molecule has 0 atom stereocenters. The Morgan fingerprint density at radius 2 is 1.81 bits per heavy atom. The van der Waals surface area contributed by atoms with Crippen molar-refractivity contribution in [1.29, 1.82) is 0 Å². The summed E-state index contributed by atoms with van der Waals surface area (Å²) < 4.78 is 8.41. The third-order valence-electron chi connectivity index (χ3n) is 5.20. The van der Waals surface area contributed by atoms with Crippen molar-refractivity contribution >= 4 is 34.5 Å². The van der Waals surface area contributed by atoms with E-state index in [0.717, 1.165) is 48.5 Å². The predicted octanol–water partition coefficient (Wildman–Crippen LogP) is 1.93. The van der Waals surface area contributed by atoms with Crippen LogP contribution in [0.5, 0.6) is 0 Å². The second-order valence-electron chi connectivity index (χ2n) is 6.77. The van der Waals surface area contributed by atoms with Crippen LogP contribution in [0.3, 0.4) is 0 Å². The Morgan fingerprint density at radius 3 is 2.69 bits per heavy atom. The molecule has 1 fully saturated rings. The highest BCUT2D eigenvalue weighted by Gasteiger charge is 2.24. The van der Waals surface area contributed by atoms with Crippen molar-refractivity contribution in [1.82, 2.24) is 23.8 Å². The highest BCUT2D eigenvalue weighted by Crippen LogP contribution is 2.24. The Hall–Kier alpha value is -2.61. The molecule has 26 heavy (non-hydrogen) atoms. The topological polar surface area (TPSA) is 75.1 Å². The highest BCUT2D eigenvalue weighted by molar-refractivity contribution is 7.00. The van der Waals surface area contributed by atoms with Gasteiger partial charge in [-0.3, -0.25) is 4.79 Å². The summed E-state index contributed by atoms with van der Waals surface area (Å²) in [6.45, 7) is 2.93. The van der Waals surface area contributed by atoms with Crippen LogP contribution in [0.4, 0.5) is 5.82 Å². The summed E-state index contributed by atoms with van der Waals surface area (Å²) in [5, 5.41) is 8.76. The average molecular weight is 366 g/mol. The monoisotopic (exact) mass is 366 g/mol. The smallest absolute Gasteiger partial charge is 0.254 e. The van der Waals surface area contributed by atoms with Crippen molar-refractivity contribution in [2.24, 2.45) is 0 Å². The Bertz CT molecular complexity index is 979. The maximum atomic E-state index is 12.8. The second kappa shape index (κ2) is 6.28. The van der Waals surface area contributed by atoms with Gasteiger partial charge in [0, 0.05) is 31.7 Å². The van der Waals surface area contributed by atoms with Crippen LogP contribution < -0.4 is 4.90 Å². The molecular weight excluding hydrogens is 348 g/mol. The van der Waals surface area contributed by atoms with Crippen LogP contribution in [0, 0.1) is 0 Å². The maximum absolute atomic E-state index is 12.8. The third kappa shape index (κ3) is 2.70. The van der Waals surface area contributed by atoms with Crippen molar-refractivity contribution in [3.05, 3.63) is 41.1 Å². The van der Waals surface area contributed by atoms with E-state index in [2.05, 4.69) is 29.9 Å². The summed E-state index contributed by atoms with van der Waals surface area (Å²) in [4.78, 5) is 16.9. The molecular formula is C18H18N6OS. The minimum atomic E-state index is 0.0552. The van der Waals surface area contributed by atoms with E-state index < -0.39 is 0 Å². The molecule has 7 nitrogen and oxygen atoms in total. The van der Waals surface area contributed by atoms with Gasteiger partial charge in [-0.15, -0.1) is 5.10 Å². The zero-order chi connectivity index (χ0) is 17.5. The molecule has 0 spiro atoms. The summed E-state index contributed by atoms with van der Waals surface area (Å²) in [6, 6.07) is 7.71. The van der Waals surface area contributed by atoms with Crippen LogP contribution in [0.1, 0.15) is 28.0 Å². The number of aromatic nitrogens is 4. The number of piperazine rings is 1. The van der Waals surface area contributed by atoms with Gasteiger partial charge in [0.15, 0.2) is 5.82 Å². The number of hydrogen-bond acceptors (Lipinski definition) is 7. The molecule has 8 heteroatoms. The molecule has 0 unspecified atom stereocenters. The van der Waals surface area contributed by atoms with Crippen LogP contribution in [0.2, 0.25) is 0 Å². The molecule has 1 aromatic carbocycles. The number of aryl methyl sites for hydroxylation is 2. The number of carbonyl (C=O) groups is 1. The van der Waals surface area contributed by atoms with Crippen molar-refractivity contribution in [3.8, 4) is 0 Å². The molecule has 0 radical (unpaired) electrons. The molecule has 2 aromatic heterocycles. The minimum absolute atomic E-state index is 0.0552. The molecule has 1 aliphatic heterocycles. The van der Waals surface area contributed by atoms with Gasteiger partial charge in [-0.05, 0) is 49.1 Å². The summed E-state index contributed by atoms with van der Waals surface area (Å²) >= 11 is 1.17. The Balaban J connectivity index is 1.28. The number of rotatable bonds is 2. The van der Waals surface area contributed by atoms with E-state index in [1.54, 1.807) is 0 Å². The van der Waals surface area contributed by atoms with Gasteiger partial charge in [0.2, 0.25) is 0 Å². The first-order valence-electron chi connectivity index (χ1n) is 8.90. The zero-order valence-corrected chi connectivity index (χ0v) is 15.1. The molecule has 1 amide bonds. The molecule has 3 heterocycles. The molecule has 3 aromatic rings. The van der Waals surface area contributed by atoms with E-state index in [4.69, 9.17) is 0 Å². The predicted molar refractivity (Wildman–Crippen MR) is 99.6 cm³/mol. The Morgan fingerprint density at radius 1 is 0.962 bits per heavy atom. The molecule has 132 valence electrons. The first-order chi connectivity index (χ1) is 12.8. The number of anilines is 1. The number of amides is 1. The molecule has 5 rings (SSSR count). The summed E-state index contributed by atoms with van der Waals surface area (Å²) in [7, 11) is 0. The lowest BCUT2D eigenvalue weighted by atomic mass is 10.1. The fraction of sp³-hybridized carbons (Fsp3) is 0.389. The maximum Gasteiger partial charge on any atom is 0.254 e. The molecule has 1 saturated heterocycles. The normalized spacial score (nSPS) is 16.9. The Labute approximate surface area is 155 Å². The summed E-state index contributed by atoms with van der Waals surface area (Å²) in [6.07, 6.45) is 3.32. The van der Waals surface area contributed by atoms with Gasteiger partial charge < -0.3 is 9.80 Å². The standard InChI is InChI=1S/C18H18N6OS/c25-18(13-4-5-15-16(10-13)22-26-21-15)24-8-6-23(7-9-24)17-11-12-2-1-3-14(12)19-20-17/h4-5,10-11H,1-3,6-9H2. The number of nitrogens with zero attached hydrogens (tertiary/aromatic N) is 6. The fourth-order valence-electron chi connectivity index (χ4n) is 3.71. The third-order valence-corrected chi connectivity index (χ3v) is 5.76. The van der Waals surface area contributed by atoms with Crippen LogP contribution in [0.15, 0.2) is 24.3 Å². The Kier molecular flexibility index (Phi) is 3.77. The molecule has 0 bridgehead atoms. The van der Waals surface area contributed by atoms with Crippen LogP contribution in [0.25, 0.3) is 11.0 Å². The van der Waals surface area contributed by atoms with Crippen molar-refractivity contribution < 1.29 is 4.79 Å². The first-order valence-corrected chi connectivity index (χ1v) is 9.63. The lowest BCUT2D eigenvalue weighted by molar-refractivity contribution is 0.0746. The average Bonchev–Trinajstić information content (AvgIpc) is 3.35. The fourth-order valence-corrected chi connectivity index (χ4v) is 4.23. The largest absolute Gasteiger partial charge is 0.352 e. The van der Waals surface area contributed by atoms with Crippen LogP contribution in [-0.4, -0.2) is 55.9 Å². The first kappa shape index (κ1) is 15.6. The quantitative estimate of drug-likeness (QED) is 0.690. The van der Waals surface area contributed by atoms with E-state index >= 15 is 0 Å². The lowest BCUT2D eigenvalue weighted by Crippen LogP contribution is -2.49. The minimum Gasteiger partial charge on any atom is -0.352 e. The second-order valence-corrected chi connectivity index (χ2v) is 7.30. The van der Waals surface area contributed by atoms with E-state index in [9.17, 15) is 4.79 Å². The van der Waals surface area contributed by atoms with Gasteiger partial charge in [0.25, 0.3) is 5.91 Å². The van der Waals surface area contributed by atoms with Crippen LogP contribution >= 0.6 is 11.7 Å². The van der Waals surface area contributed by atoms with Crippen molar-refractivity contribution in [2.75, 3.05) is 31.1 Å². The van der Waals surface area contributed by atoms with Crippen molar-refractivity contribution in [2.45, 2.75) is 19.3 Å². The number of hydrogen-bond donors (Lipinski definition) is 0. The van der Waals surface area contributed by atoms with Crippen LogP contribution in [-0.2, 0) is 12.8 Å². The zero-order valence-electron chi connectivity index (χ0n) is 14.3. The number of fused-ring (bicyclic) bond motifs is 2. The van der Waals surface area contributed by atoms with Gasteiger partial charge >= 0.3 is 0 Å². The summed E-state index contributed by atoms with van der Waals surface area (Å²) in [5.41, 5.74) is 4.78. The molecule has 0 N–H and O–H groups in total. The molecule has 1 aliphatic carbocycles. The number of carbonyl (C=O) groups excluding carboxylic acids is 1. The van der Waals surface area contributed by atoms with Gasteiger partial charge in [0.05, 0.1) is 17.4 Å². The molecule has 0 saturated carbocycles. The number of benzene rings is 1. The molecule has 2 aliphatic rings.